The maximum Gasteiger partial charge on any atom is 0.141 e. The maximum absolute atomic E-state index is 5.62. The van der Waals surface area contributed by atoms with Crippen molar-refractivity contribution >= 4 is 5.82 Å². The third-order valence-electron chi connectivity index (χ3n) is 2.50. The predicted molar refractivity (Wildman–Crippen MR) is 71.4 cm³/mol. The van der Waals surface area contributed by atoms with Gasteiger partial charge in [-0.05, 0) is 18.8 Å². The predicted octanol–water partition coefficient (Wildman–Crippen LogP) is 3.49. The molecule has 2 N–H and O–H groups in total. The molecule has 3 nitrogen and oxygen atoms in total. The molecule has 0 aliphatic carbocycles. The van der Waals surface area contributed by atoms with Gasteiger partial charge in [0.15, 0.2) is 0 Å². The highest BCUT2D eigenvalue weighted by atomic mass is 15.1. The molecule has 94 valence electrons. The second-order valence-corrected chi connectivity index (χ2v) is 3.73. The fourth-order valence-corrected chi connectivity index (χ4v) is 1.86. The van der Waals surface area contributed by atoms with Gasteiger partial charge in [-0.2, -0.15) is 0 Å². The highest BCUT2D eigenvalue weighted by molar-refractivity contribution is 5.26. The topological polar surface area (TPSA) is 43.8 Å². The van der Waals surface area contributed by atoms with E-state index < -0.39 is 0 Å². The Morgan fingerprint density at radius 1 is 1.31 bits per heavy atom. The summed E-state index contributed by atoms with van der Waals surface area (Å²) in [6.07, 6.45) is 5.60. The number of aromatic nitrogens is 2. The van der Waals surface area contributed by atoms with Crippen molar-refractivity contribution in [2.45, 2.75) is 60.4 Å². The first-order valence-electron chi connectivity index (χ1n) is 6.57. The van der Waals surface area contributed by atoms with E-state index in [1.807, 2.05) is 33.9 Å². The van der Waals surface area contributed by atoms with Crippen LogP contribution in [0.2, 0.25) is 0 Å². The molecule has 0 radical (unpaired) electrons. The van der Waals surface area contributed by atoms with Crippen LogP contribution in [0.5, 0.6) is 0 Å². The van der Waals surface area contributed by atoms with E-state index in [4.69, 9.17) is 5.73 Å². The second kappa shape index (κ2) is 8.20. The molecule has 2 rings (SSSR count). The molecule has 0 spiro atoms. The van der Waals surface area contributed by atoms with Crippen LogP contribution in [0.3, 0.4) is 0 Å². The molecule has 1 atom stereocenters. The van der Waals surface area contributed by atoms with Gasteiger partial charge in [0.05, 0.1) is 0 Å². The van der Waals surface area contributed by atoms with Crippen LogP contribution in [0.25, 0.3) is 0 Å². The largest absolute Gasteiger partial charge is 0.382 e. The molecule has 1 aromatic heterocycles. The lowest BCUT2D eigenvalue weighted by atomic mass is 10.0. The summed E-state index contributed by atoms with van der Waals surface area (Å²) in [7, 11) is 0. The Labute approximate surface area is 100 Å². The summed E-state index contributed by atoms with van der Waals surface area (Å²) in [5.74, 6) is 2.59. The van der Waals surface area contributed by atoms with Gasteiger partial charge in [-0.1, -0.05) is 34.6 Å². The zero-order valence-corrected chi connectivity index (χ0v) is 11.5. The standard InChI is InChI=1S/C9H15N3.2C2H6/c1-7-3-2-4-12-6-8(10)11-9(12)5-7;2*1-2/h6-7H,2-5,10H2,1H3;2*1-2H3. The van der Waals surface area contributed by atoms with E-state index in [0.717, 1.165) is 24.7 Å². The summed E-state index contributed by atoms with van der Waals surface area (Å²) in [6, 6.07) is 0. The zero-order valence-electron chi connectivity index (χ0n) is 11.5. The van der Waals surface area contributed by atoms with Gasteiger partial charge >= 0.3 is 0 Å². The molecule has 0 fully saturated rings. The van der Waals surface area contributed by atoms with Gasteiger partial charge in [-0.25, -0.2) is 4.98 Å². The smallest absolute Gasteiger partial charge is 0.141 e. The van der Waals surface area contributed by atoms with Gasteiger partial charge in [0.1, 0.15) is 11.6 Å². The number of hydrogen-bond acceptors (Lipinski definition) is 2. The van der Waals surface area contributed by atoms with Crippen molar-refractivity contribution in [1.82, 2.24) is 9.55 Å². The van der Waals surface area contributed by atoms with E-state index in [1.54, 1.807) is 0 Å². The van der Waals surface area contributed by atoms with Crippen molar-refractivity contribution < 1.29 is 0 Å². The lowest BCUT2D eigenvalue weighted by Crippen LogP contribution is -2.01. The van der Waals surface area contributed by atoms with Gasteiger partial charge in [0.2, 0.25) is 0 Å². The Hall–Kier alpha value is -0.990. The number of aryl methyl sites for hydroxylation is 1. The number of nitrogens with zero attached hydrogens (tertiary/aromatic N) is 2. The molecular weight excluding hydrogens is 198 g/mol. The number of nitrogen functional groups attached to an aromatic ring is 1. The molecule has 16 heavy (non-hydrogen) atoms. The summed E-state index contributed by atoms with van der Waals surface area (Å²) in [5, 5.41) is 0. The van der Waals surface area contributed by atoms with Crippen molar-refractivity contribution in [2.75, 3.05) is 5.73 Å². The maximum atomic E-state index is 5.62. The average Bonchev–Trinajstić information content (AvgIpc) is 2.55. The average molecular weight is 225 g/mol. The highest BCUT2D eigenvalue weighted by Crippen LogP contribution is 2.19. The summed E-state index contributed by atoms with van der Waals surface area (Å²) in [4.78, 5) is 4.30. The summed E-state index contributed by atoms with van der Waals surface area (Å²) in [5.41, 5.74) is 5.62. The molecule has 1 aliphatic heterocycles. The summed E-state index contributed by atoms with van der Waals surface area (Å²) in [6.45, 7) is 11.4. The minimum absolute atomic E-state index is 0.666. The van der Waals surface area contributed by atoms with Crippen LogP contribution in [0, 0.1) is 5.92 Å². The Bertz CT molecular complexity index is 279. The van der Waals surface area contributed by atoms with E-state index >= 15 is 0 Å². The number of nitrogens with two attached hydrogens (primary N) is 1. The molecule has 2 heterocycles. The molecule has 0 bridgehead atoms. The quantitative estimate of drug-likeness (QED) is 0.734. The molecule has 1 unspecified atom stereocenters. The fourth-order valence-electron chi connectivity index (χ4n) is 1.86. The zero-order chi connectivity index (χ0) is 12.6. The number of imidazole rings is 1. The summed E-state index contributed by atoms with van der Waals surface area (Å²) >= 11 is 0. The van der Waals surface area contributed by atoms with Gasteiger partial charge in [-0.15, -0.1) is 0 Å². The first-order chi connectivity index (χ1) is 7.75. The minimum atomic E-state index is 0.666. The Balaban J connectivity index is 0.000000509. The molecule has 3 heteroatoms. The first kappa shape index (κ1) is 15.0. The van der Waals surface area contributed by atoms with Gasteiger partial charge in [-0.3, -0.25) is 0 Å². The normalized spacial score (nSPS) is 18.2. The van der Waals surface area contributed by atoms with Crippen molar-refractivity contribution in [3.63, 3.8) is 0 Å². The summed E-state index contributed by atoms with van der Waals surface area (Å²) < 4.78 is 2.19. The van der Waals surface area contributed by atoms with E-state index in [-0.39, 0.29) is 0 Å². The third-order valence-corrected chi connectivity index (χ3v) is 2.50. The molecule has 0 amide bonds. The second-order valence-electron chi connectivity index (χ2n) is 3.73. The highest BCUT2D eigenvalue weighted by Gasteiger charge is 2.14. The van der Waals surface area contributed by atoms with Crippen LogP contribution in [0.4, 0.5) is 5.82 Å². The number of rotatable bonds is 0. The van der Waals surface area contributed by atoms with Crippen molar-refractivity contribution in [3.05, 3.63) is 12.0 Å². The van der Waals surface area contributed by atoms with Crippen LogP contribution < -0.4 is 5.73 Å². The fraction of sp³-hybridized carbons (Fsp3) is 0.769. The number of anilines is 1. The number of hydrogen-bond donors (Lipinski definition) is 1. The van der Waals surface area contributed by atoms with Gasteiger partial charge < -0.3 is 10.3 Å². The van der Waals surface area contributed by atoms with Gasteiger partial charge in [0, 0.05) is 19.2 Å². The molecule has 0 saturated heterocycles. The number of fused-ring (bicyclic) bond motifs is 1. The lowest BCUT2D eigenvalue weighted by molar-refractivity contribution is 0.519. The molecule has 0 saturated carbocycles. The first-order valence-corrected chi connectivity index (χ1v) is 6.57. The van der Waals surface area contributed by atoms with Crippen molar-refractivity contribution in [2.24, 2.45) is 5.92 Å². The monoisotopic (exact) mass is 225 g/mol. The Morgan fingerprint density at radius 3 is 2.56 bits per heavy atom. The van der Waals surface area contributed by atoms with Crippen molar-refractivity contribution in [1.29, 1.82) is 0 Å². The molecule has 1 aliphatic rings. The minimum Gasteiger partial charge on any atom is -0.382 e. The van der Waals surface area contributed by atoms with E-state index in [0.29, 0.717) is 5.82 Å². The third kappa shape index (κ3) is 4.25. The van der Waals surface area contributed by atoms with E-state index in [2.05, 4.69) is 16.5 Å². The SMILES string of the molecule is CC.CC.CC1CCCn2cc(N)nc2C1. The van der Waals surface area contributed by atoms with Crippen LogP contribution in [0.1, 0.15) is 53.3 Å². The Kier molecular flexibility index (Phi) is 7.69. The molecular formula is C13H27N3. The van der Waals surface area contributed by atoms with Crippen LogP contribution in [0.15, 0.2) is 6.20 Å². The molecule has 1 aromatic rings. The van der Waals surface area contributed by atoms with Crippen LogP contribution >= 0.6 is 0 Å². The van der Waals surface area contributed by atoms with E-state index in [1.165, 1.54) is 12.8 Å². The van der Waals surface area contributed by atoms with Gasteiger partial charge in [0.25, 0.3) is 0 Å². The Morgan fingerprint density at radius 2 is 1.94 bits per heavy atom. The van der Waals surface area contributed by atoms with Crippen LogP contribution in [-0.2, 0) is 13.0 Å². The molecule has 0 aromatic carbocycles. The van der Waals surface area contributed by atoms with E-state index in [9.17, 15) is 0 Å². The van der Waals surface area contributed by atoms with Crippen molar-refractivity contribution in [3.8, 4) is 0 Å². The van der Waals surface area contributed by atoms with Crippen LogP contribution in [-0.4, -0.2) is 9.55 Å². The lowest BCUT2D eigenvalue weighted by Gasteiger charge is -2.03.